The lowest BCUT2D eigenvalue weighted by Gasteiger charge is -2.24. The highest BCUT2D eigenvalue weighted by atomic mass is 35.5. The van der Waals surface area contributed by atoms with Crippen LogP contribution in [0, 0.1) is 5.92 Å². The summed E-state index contributed by atoms with van der Waals surface area (Å²) in [6.07, 6.45) is 2.75. The van der Waals surface area contributed by atoms with Gasteiger partial charge in [-0.1, -0.05) is 17.7 Å². The quantitative estimate of drug-likeness (QED) is 0.868. The SMILES string of the molecule is CCN(CC1CC1)c1ccc(C(C)N)c(Cl)c1. The molecule has 94 valence electrons. The van der Waals surface area contributed by atoms with Crippen molar-refractivity contribution in [3.8, 4) is 0 Å². The average Bonchev–Trinajstić information content (AvgIpc) is 3.09. The van der Waals surface area contributed by atoms with Crippen LogP contribution in [0.5, 0.6) is 0 Å². The molecule has 1 atom stereocenters. The molecule has 0 heterocycles. The number of halogens is 1. The predicted molar refractivity (Wildman–Crippen MR) is 74.7 cm³/mol. The minimum atomic E-state index is -0.00458. The fraction of sp³-hybridized carbons (Fsp3) is 0.571. The number of rotatable bonds is 5. The van der Waals surface area contributed by atoms with Crippen LogP contribution in [-0.2, 0) is 0 Å². The van der Waals surface area contributed by atoms with Gasteiger partial charge in [-0.3, -0.25) is 0 Å². The van der Waals surface area contributed by atoms with Gasteiger partial charge in [0.1, 0.15) is 0 Å². The summed E-state index contributed by atoms with van der Waals surface area (Å²) in [4.78, 5) is 2.40. The van der Waals surface area contributed by atoms with Crippen molar-refractivity contribution in [2.45, 2.75) is 32.7 Å². The van der Waals surface area contributed by atoms with E-state index in [9.17, 15) is 0 Å². The van der Waals surface area contributed by atoms with Crippen molar-refractivity contribution in [2.24, 2.45) is 11.7 Å². The van der Waals surface area contributed by atoms with Crippen molar-refractivity contribution in [3.05, 3.63) is 28.8 Å². The zero-order valence-corrected chi connectivity index (χ0v) is 11.4. The lowest BCUT2D eigenvalue weighted by Crippen LogP contribution is -2.25. The Bertz CT molecular complexity index is 386. The first-order valence-electron chi connectivity index (χ1n) is 6.41. The van der Waals surface area contributed by atoms with Crippen molar-refractivity contribution in [3.63, 3.8) is 0 Å². The maximum atomic E-state index is 6.27. The molecule has 1 aliphatic rings. The molecule has 1 aromatic carbocycles. The molecule has 1 unspecified atom stereocenters. The summed E-state index contributed by atoms with van der Waals surface area (Å²) < 4.78 is 0. The molecule has 0 aliphatic heterocycles. The van der Waals surface area contributed by atoms with Crippen LogP contribution >= 0.6 is 11.6 Å². The second-order valence-electron chi connectivity index (χ2n) is 4.98. The molecule has 0 bridgehead atoms. The summed E-state index contributed by atoms with van der Waals surface area (Å²) in [6.45, 7) is 6.34. The van der Waals surface area contributed by atoms with E-state index in [-0.39, 0.29) is 6.04 Å². The molecule has 1 aromatic rings. The fourth-order valence-corrected chi connectivity index (χ4v) is 2.46. The highest BCUT2D eigenvalue weighted by Crippen LogP contribution is 2.33. The van der Waals surface area contributed by atoms with E-state index in [4.69, 9.17) is 17.3 Å². The maximum Gasteiger partial charge on any atom is 0.0474 e. The monoisotopic (exact) mass is 252 g/mol. The smallest absolute Gasteiger partial charge is 0.0474 e. The van der Waals surface area contributed by atoms with Crippen LogP contribution in [0.1, 0.15) is 38.3 Å². The molecule has 1 saturated carbocycles. The summed E-state index contributed by atoms with van der Waals surface area (Å²) in [5.74, 6) is 0.891. The Hall–Kier alpha value is -0.730. The van der Waals surface area contributed by atoms with Gasteiger partial charge in [0, 0.05) is 29.8 Å². The molecule has 0 saturated heterocycles. The zero-order chi connectivity index (χ0) is 12.4. The first kappa shape index (κ1) is 12.7. The molecule has 0 amide bonds. The number of nitrogens with zero attached hydrogens (tertiary/aromatic N) is 1. The van der Waals surface area contributed by atoms with Crippen molar-refractivity contribution in [1.82, 2.24) is 0 Å². The minimum Gasteiger partial charge on any atom is -0.371 e. The van der Waals surface area contributed by atoms with Gasteiger partial charge in [-0.05, 0) is 50.3 Å². The number of hydrogen-bond donors (Lipinski definition) is 1. The molecule has 0 aromatic heterocycles. The number of benzene rings is 1. The van der Waals surface area contributed by atoms with Gasteiger partial charge < -0.3 is 10.6 Å². The van der Waals surface area contributed by atoms with E-state index in [2.05, 4.69) is 24.0 Å². The third-order valence-corrected chi connectivity index (χ3v) is 3.72. The third kappa shape index (κ3) is 3.14. The molecule has 17 heavy (non-hydrogen) atoms. The van der Waals surface area contributed by atoms with E-state index in [1.54, 1.807) is 0 Å². The third-order valence-electron chi connectivity index (χ3n) is 3.40. The van der Waals surface area contributed by atoms with E-state index >= 15 is 0 Å². The number of hydrogen-bond acceptors (Lipinski definition) is 2. The van der Waals surface area contributed by atoms with Gasteiger partial charge >= 0.3 is 0 Å². The Labute approximate surface area is 109 Å². The second kappa shape index (κ2) is 5.28. The Morgan fingerprint density at radius 3 is 2.65 bits per heavy atom. The Kier molecular flexibility index (Phi) is 3.95. The Morgan fingerprint density at radius 1 is 1.47 bits per heavy atom. The zero-order valence-electron chi connectivity index (χ0n) is 10.6. The maximum absolute atomic E-state index is 6.27. The summed E-state index contributed by atoms with van der Waals surface area (Å²) in [5.41, 5.74) is 8.11. The standard InChI is InChI=1S/C14H21ClN2/c1-3-17(9-11-4-5-11)12-6-7-13(10(2)16)14(15)8-12/h6-8,10-11H,3-5,9,16H2,1-2H3. The summed E-state index contributed by atoms with van der Waals surface area (Å²) in [5, 5.41) is 0.784. The van der Waals surface area contributed by atoms with Crippen LogP contribution in [0.4, 0.5) is 5.69 Å². The van der Waals surface area contributed by atoms with Crippen molar-refractivity contribution in [2.75, 3.05) is 18.0 Å². The lowest BCUT2D eigenvalue weighted by atomic mass is 10.1. The van der Waals surface area contributed by atoms with Gasteiger partial charge in [-0.2, -0.15) is 0 Å². The van der Waals surface area contributed by atoms with E-state index in [0.29, 0.717) is 0 Å². The molecule has 0 spiro atoms. The molecular weight excluding hydrogens is 232 g/mol. The summed E-state index contributed by atoms with van der Waals surface area (Å²) in [7, 11) is 0. The van der Waals surface area contributed by atoms with Gasteiger partial charge in [-0.25, -0.2) is 0 Å². The topological polar surface area (TPSA) is 29.3 Å². The fourth-order valence-electron chi connectivity index (χ4n) is 2.11. The highest BCUT2D eigenvalue weighted by molar-refractivity contribution is 6.31. The van der Waals surface area contributed by atoms with Crippen LogP contribution < -0.4 is 10.6 Å². The van der Waals surface area contributed by atoms with Crippen LogP contribution in [0.15, 0.2) is 18.2 Å². The number of anilines is 1. The Morgan fingerprint density at radius 2 is 2.18 bits per heavy atom. The summed E-state index contributed by atoms with van der Waals surface area (Å²) in [6, 6.07) is 6.23. The second-order valence-corrected chi connectivity index (χ2v) is 5.38. The first-order chi connectivity index (χ1) is 8.11. The molecule has 2 N–H and O–H groups in total. The van der Waals surface area contributed by atoms with Gasteiger partial charge in [0.15, 0.2) is 0 Å². The van der Waals surface area contributed by atoms with Crippen molar-refractivity contribution >= 4 is 17.3 Å². The van der Waals surface area contributed by atoms with E-state index in [1.165, 1.54) is 18.5 Å². The largest absolute Gasteiger partial charge is 0.371 e. The molecule has 1 fully saturated rings. The molecular formula is C14H21ClN2. The lowest BCUT2D eigenvalue weighted by molar-refractivity contribution is 0.741. The van der Waals surface area contributed by atoms with Crippen LogP contribution in [0.25, 0.3) is 0 Å². The van der Waals surface area contributed by atoms with Gasteiger partial charge in [0.05, 0.1) is 0 Å². The van der Waals surface area contributed by atoms with Crippen LogP contribution in [-0.4, -0.2) is 13.1 Å². The van der Waals surface area contributed by atoms with Crippen LogP contribution in [0.2, 0.25) is 5.02 Å². The van der Waals surface area contributed by atoms with Crippen molar-refractivity contribution in [1.29, 1.82) is 0 Å². The molecule has 0 radical (unpaired) electrons. The predicted octanol–water partition coefficient (Wildman–Crippen LogP) is 3.60. The minimum absolute atomic E-state index is 0.00458. The molecule has 2 rings (SSSR count). The van der Waals surface area contributed by atoms with Gasteiger partial charge in [-0.15, -0.1) is 0 Å². The first-order valence-corrected chi connectivity index (χ1v) is 6.79. The Balaban J connectivity index is 2.16. The van der Waals surface area contributed by atoms with Gasteiger partial charge in [0.25, 0.3) is 0 Å². The van der Waals surface area contributed by atoms with Crippen molar-refractivity contribution < 1.29 is 0 Å². The van der Waals surface area contributed by atoms with Gasteiger partial charge in [0.2, 0.25) is 0 Å². The normalized spacial score (nSPS) is 16.9. The van der Waals surface area contributed by atoms with Crippen LogP contribution in [0.3, 0.4) is 0 Å². The molecule has 1 aliphatic carbocycles. The highest BCUT2D eigenvalue weighted by Gasteiger charge is 2.24. The molecule has 2 nitrogen and oxygen atoms in total. The van der Waals surface area contributed by atoms with E-state index in [0.717, 1.165) is 29.6 Å². The average molecular weight is 253 g/mol. The van der Waals surface area contributed by atoms with E-state index in [1.807, 2.05) is 13.0 Å². The molecule has 3 heteroatoms. The van der Waals surface area contributed by atoms with E-state index < -0.39 is 0 Å². The summed E-state index contributed by atoms with van der Waals surface area (Å²) >= 11 is 6.27. The number of nitrogens with two attached hydrogens (primary N) is 1.